The van der Waals surface area contributed by atoms with E-state index in [9.17, 15) is 4.79 Å². The summed E-state index contributed by atoms with van der Waals surface area (Å²) in [5, 5.41) is 0. The van der Waals surface area contributed by atoms with Crippen molar-refractivity contribution in [3.63, 3.8) is 0 Å². The third-order valence-corrected chi connectivity index (χ3v) is 1.45. The summed E-state index contributed by atoms with van der Waals surface area (Å²) >= 11 is 5.52. The van der Waals surface area contributed by atoms with Crippen molar-refractivity contribution in [2.75, 3.05) is 19.1 Å². The Labute approximate surface area is 83.7 Å². The van der Waals surface area contributed by atoms with Crippen LogP contribution in [-0.2, 0) is 14.3 Å². The minimum atomic E-state index is -0.397. The summed E-state index contributed by atoms with van der Waals surface area (Å²) in [6.07, 6.45) is 2.09. The standard InChI is InChI=1S/C9H15ClO3/c1-3-5-13-9(11)6-8(7-10)12-4-2/h6H,3-5,7H2,1-2H3/b8-6+. The van der Waals surface area contributed by atoms with Gasteiger partial charge in [-0.15, -0.1) is 11.6 Å². The summed E-state index contributed by atoms with van der Waals surface area (Å²) in [6.45, 7) is 4.69. The van der Waals surface area contributed by atoms with Crippen molar-refractivity contribution in [2.24, 2.45) is 0 Å². The molecule has 0 unspecified atom stereocenters. The van der Waals surface area contributed by atoms with Gasteiger partial charge in [-0.2, -0.15) is 0 Å². The molecule has 0 amide bonds. The van der Waals surface area contributed by atoms with Gasteiger partial charge in [-0.25, -0.2) is 4.79 Å². The fourth-order valence-electron chi connectivity index (χ4n) is 0.680. The van der Waals surface area contributed by atoms with Crippen LogP contribution < -0.4 is 0 Å². The summed E-state index contributed by atoms with van der Waals surface area (Å²) < 4.78 is 9.89. The fraction of sp³-hybridized carbons (Fsp3) is 0.667. The first kappa shape index (κ1) is 12.3. The monoisotopic (exact) mass is 206 g/mol. The first-order valence-corrected chi connectivity index (χ1v) is 4.84. The lowest BCUT2D eigenvalue weighted by atomic mass is 10.4. The fourth-order valence-corrected chi connectivity index (χ4v) is 0.834. The van der Waals surface area contributed by atoms with Gasteiger partial charge in [-0.3, -0.25) is 0 Å². The highest BCUT2D eigenvalue weighted by Crippen LogP contribution is 2.00. The molecule has 0 spiro atoms. The maximum absolute atomic E-state index is 11.0. The van der Waals surface area contributed by atoms with E-state index in [4.69, 9.17) is 21.1 Å². The molecular formula is C9H15ClO3. The second-order valence-electron chi connectivity index (χ2n) is 2.34. The number of hydrogen-bond acceptors (Lipinski definition) is 3. The number of allylic oxidation sites excluding steroid dienone is 1. The number of carbonyl (C=O) groups is 1. The number of alkyl halides is 1. The van der Waals surface area contributed by atoms with E-state index in [1.54, 1.807) is 0 Å². The first-order chi connectivity index (χ1) is 6.24. The number of rotatable bonds is 6. The summed E-state index contributed by atoms with van der Waals surface area (Å²) in [5.41, 5.74) is 0. The highest BCUT2D eigenvalue weighted by atomic mass is 35.5. The minimum Gasteiger partial charge on any atom is -0.497 e. The molecule has 0 aliphatic heterocycles. The Morgan fingerprint density at radius 2 is 2.08 bits per heavy atom. The summed E-state index contributed by atoms with van der Waals surface area (Å²) in [4.78, 5) is 11.0. The summed E-state index contributed by atoms with van der Waals surface area (Å²) in [6, 6.07) is 0. The number of ether oxygens (including phenoxy) is 2. The molecule has 0 aromatic heterocycles. The van der Waals surface area contributed by atoms with Crippen LogP contribution in [0.5, 0.6) is 0 Å². The van der Waals surface area contributed by atoms with Crippen LogP contribution in [0.3, 0.4) is 0 Å². The van der Waals surface area contributed by atoms with Crippen molar-refractivity contribution in [3.8, 4) is 0 Å². The molecule has 0 saturated carbocycles. The van der Waals surface area contributed by atoms with Gasteiger partial charge in [0.2, 0.25) is 0 Å². The number of hydrogen-bond donors (Lipinski definition) is 0. The molecule has 0 radical (unpaired) electrons. The second kappa shape index (κ2) is 7.92. The number of esters is 1. The van der Waals surface area contributed by atoms with Crippen LogP contribution >= 0.6 is 11.6 Å². The predicted molar refractivity (Wildman–Crippen MR) is 51.7 cm³/mol. The van der Waals surface area contributed by atoms with Crippen molar-refractivity contribution >= 4 is 17.6 Å². The quantitative estimate of drug-likeness (QED) is 0.289. The SMILES string of the molecule is CCCOC(=O)/C=C(\CCl)OCC. The lowest BCUT2D eigenvalue weighted by Crippen LogP contribution is -2.04. The zero-order valence-corrected chi connectivity index (χ0v) is 8.76. The van der Waals surface area contributed by atoms with Gasteiger partial charge in [0, 0.05) is 0 Å². The minimum absolute atomic E-state index is 0.190. The van der Waals surface area contributed by atoms with Gasteiger partial charge in [0.1, 0.15) is 5.76 Å². The Bertz CT molecular complexity index is 178. The molecule has 0 saturated heterocycles. The van der Waals surface area contributed by atoms with Crippen LogP contribution in [0.1, 0.15) is 20.3 Å². The molecule has 0 N–H and O–H groups in total. The molecule has 0 fully saturated rings. The topological polar surface area (TPSA) is 35.5 Å². The van der Waals surface area contributed by atoms with E-state index in [1.807, 2.05) is 13.8 Å². The maximum Gasteiger partial charge on any atom is 0.334 e. The molecule has 0 aromatic rings. The molecule has 0 atom stereocenters. The van der Waals surface area contributed by atoms with Gasteiger partial charge in [-0.05, 0) is 13.3 Å². The zero-order chi connectivity index (χ0) is 10.1. The van der Waals surface area contributed by atoms with Gasteiger partial charge >= 0.3 is 5.97 Å². The average Bonchev–Trinajstić information content (AvgIpc) is 2.14. The Balaban J connectivity index is 3.92. The van der Waals surface area contributed by atoms with Gasteiger partial charge in [0.25, 0.3) is 0 Å². The highest BCUT2D eigenvalue weighted by molar-refractivity contribution is 6.19. The molecule has 76 valence electrons. The van der Waals surface area contributed by atoms with E-state index < -0.39 is 5.97 Å². The molecule has 13 heavy (non-hydrogen) atoms. The number of halogens is 1. The van der Waals surface area contributed by atoms with Gasteiger partial charge in [-0.1, -0.05) is 6.92 Å². The van der Waals surface area contributed by atoms with Crippen molar-refractivity contribution in [2.45, 2.75) is 20.3 Å². The maximum atomic E-state index is 11.0. The Morgan fingerprint density at radius 3 is 2.54 bits per heavy atom. The number of carbonyl (C=O) groups excluding carboxylic acids is 1. The van der Waals surface area contributed by atoms with Crippen LogP contribution in [0.2, 0.25) is 0 Å². The van der Waals surface area contributed by atoms with Crippen LogP contribution in [0, 0.1) is 0 Å². The van der Waals surface area contributed by atoms with Crippen molar-refractivity contribution in [1.29, 1.82) is 0 Å². The lowest BCUT2D eigenvalue weighted by Gasteiger charge is -2.04. The molecule has 0 bridgehead atoms. The largest absolute Gasteiger partial charge is 0.497 e. The Kier molecular flexibility index (Phi) is 7.50. The van der Waals surface area contributed by atoms with Crippen LogP contribution in [-0.4, -0.2) is 25.1 Å². The third kappa shape index (κ3) is 6.46. The van der Waals surface area contributed by atoms with Crippen LogP contribution in [0.4, 0.5) is 0 Å². The van der Waals surface area contributed by atoms with Crippen molar-refractivity contribution in [3.05, 3.63) is 11.8 Å². The smallest absolute Gasteiger partial charge is 0.334 e. The summed E-state index contributed by atoms with van der Waals surface area (Å²) in [5.74, 6) is 0.242. The molecule has 4 heteroatoms. The summed E-state index contributed by atoms with van der Waals surface area (Å²) in [7, 11) is 0. The average molecular weight is 207 g/mol. The molecule has 0 heterocycles. The van der Waals surface area contributed by atoms with Gasteiger partial charge in [0.15, 0.2) is 0 Å². The lowest BCUT2D eigenvalue weighted by molar-refractivity contribution is -0.137. The van der Waals surface area contributed by atoms with Crippen molar-refractivity contribution in [1.82, 2.24) is 0 Å². The Hall–Kier alpha value is -0.700. The first-order valence-electron chi connectivity index (χ1n) is 4.30. The Morgan fingerprint density at radius 1 is 1.38 bits per heavy atom. The third-order valence-electron chi connectivity index (χ3n) is 1.19. The molecule has 0 aromatic carbocycles. The van der Waals surface area contributed by atoms with Crippen LogP contribution in [0.15, 0.2) is 11.8 Å². The molecule has 0 rings (SSSR count). The predicted octanol–water partition coefficient (Wildman–Crippen LogP) is 2.10. The van der Waals surface area contributed by atoms with E-state index in [0.717, 1.165) is 6.42 Å². The highest BCUT2D eigenvalue weighted by Gasteiger charge is 2.01. The zero-order valence-electron chi connectivity index (χ0n) is 8.01. The molecule has 3 nitrogen and oxygen atoms in total. The van der Waals surface area contributed by atoms with Crippen LogP contribution in [0.25, 0.3) is 0 Å². The van der Waals surface area contributed by atoms with Gasteiger partial charge < -0.3 is 9.47 Å². The normalized spacial score (nSPS) is 11.2. The van der Waals surface area contributed by atoms with E-state index in [0.29, 0.717) is 19.0 Å². The van der Waals surface area contributed by atoms with E-state index in [1.165, 1.54) is 6.08 Å². The van der Waals surface area contributed by atoms with Crippen molar-refractivity contribution < 1.29 is 14.3 Å². The molecular weight excluding hydrogens is 192 g/mol. The molecule has 0 aliphatic carbocycles. The van der Waals surface area contributed by atoms with E-state index in [-0.39, 0.29) is 5.88 Å². The van der Waals surface area contributed by atoms with E-state index in [2.05, 4.69) is 0 Å². The van der Waals surface area contributed by atoms with E-state index >= 15 is 0 Å². The van der Waals surface area contributed by atoms with Gasteiger partial charge in [0.05, 0.1) is 25.2 Å². The molecule has 0 aliphatic rings. The second-order valence-corrected chi connectivity index (χ2v) is 2.61.